The number of nitrogens with one attached hydrogen (secondary N) is 1. The summed E-state index contributed by atoms with van der Waals surface area (Å²) >= 11 is 0. The second kappa shape index (κ2) is 10.3. The second-order valence-corrected chi connectivity index (χ2v) is 6.45. The SMILES string of the molecule is CCN(CC)C(=O)c1ccc(CNC(=O)CCc2ccc(C(=O)O)cc2)cc1. The zero-order valence-electron chi connectivity index (χ0n) is 16.3. The highest BCUT2D eigenvalue weighted by Crippen LogP contribution is 2.09. The minimum Gasteiger partial charge on any atom is -0.478 e. The lowest BCUT2D eigenvalue weighted by Gasteiger charge is -2.18. The third kappa shape index (κ3) is 5.94. The van der Waals surface area contributed by atoms with E-state index in [1.54, 1.807) is 29.2 Å². The zero-order chi connectivity index (χ0) is 20.5. The number of hydrogen-bond acceptors (Lipinski definition) is 3. The normalized spacial score (nSPS) is 10.4. The number of carbonyl (C=O) groups excluding carboxylic acids is 2. The molecule has 148 valence electrons. The van der Waals surface area contributed by atoms with E-state index in [-0.39, 0.29) is 17.4 Å². The molecule has 0 aromatic heterocycles. The number of carbonyl (C=O) groups is 3. The van der Waals surface area contributed by atoms with Crippen LogP contribution in [0.3, 0.4) is 0 Å². The number of hydrogen-bond donors (Lipinski definition) is 2. The van der Waals surface area contributed by atoms with Crippen molar-refractivity contribution in [3.63, 3.8) is 0 Å². The van der Waals surface area contributed by atoms with Crippen LogP contribution in [0.15, 0.2) is 48.5 Å². The van der Waals surface area contributed by atoms with Gasteiger partial charge in [-0.2, -0.15) is 0 Å². The molecule has 2 aromatic carbocycles. The first kappa shape index (κ1) is 21.2. The Morgan fingerprint density at radius 1 is 0.857 bits per heavy atom. The topological polar surface area (TPSA) is 86.7 Å². The lowest BCUT2D eigenvalue weighted by atomic mass is 10.1. The van der Waals surface area contributed by atoms with Crippen molar-refractivity contribution >= 4 is 17.8 Å². The molecule has 0 aliphatic carbocycles. The van der Waals surface area contributed by atoms with Gasteiger partial charge in [-0.05, 0) is 55.7 Å². The van der Waals surface area contributed by atoms with Crippen LogP contribution in [0, 0.1) is 0 Å². The Hall–Kier alpha value is -3.15. The standard InChI is InChI=1S/C22H26N2O4/c1-3-24(4-2)21(26)18-10-7-17(8-11-18)15-23-20(25)14-9-16-5-12-19(13-6-16)22(27)28/h5-8,10-13H,3-4,9,14-15H2,1-2H3,(H,23,25)(H,27,28). The minimum absolute atomic E-state index is 0.00880. The molecule has 0 aliphatic rings. The van der Waals surface area contributed by atoms with Gasteiger partial charge in [-0.1, -0.05) is 24.3 Å². The smallest absolute Gasteiger partial charge is 0.335 e. The summed E-state index contributed by atoms with van der Waals surface area (Å²) in [5.74, 6) is -1.03. The average molecular weight is 382 g/mol. The van der Waals surface area contributed by atoms with Crippen molar-refractivity contribution in [2.24, 2.45) is 0 Å². The third-order valence-corrected chi connectivity index (χ3v) is 4.58. The number of carboxylic acid groups (broad SMARTS) is 1. The summed E-state index contributed by atoms with van der Waals surface area (Å²) in [6, 6.07) is 13.8. The average Bonchev–Trinajstić information content (AvgIpc) is 2.72. The number of nitrogens with zero attached hydrogens (tertiary/aromatic N) is 1. The van der Waals surface area contributed by atoms with Crippen LogP contribution in [0.4, 0.5) is 0 Å². The van der Waals surface area contributed by atoms with Crippen LogP contribution in [0.5, 0.6) is 0 Å². The first-order chi connectivity index (χ1) is 13.4. The Bertz CT molecular complexity index is 809. The van der Waals surface area contributed by atoms with Crippen LogP contribution in [0.25, 0.3) is 0 Å². The van der Waals surface area contributed by atoms with Gasteiger partial charge >= 0.3 is 5.97 Å². The molecular weight excluding hydrogens is 356 g/mol. The maximum Gasteiger partial charge on any atom is 0.335 e. The van der Waals surface area contributed by atoms with Gasteiger partial charge in [0.1, 0.15) is 0 Å². The van der Waals surface area contributed by atoms with Gasteiger partial charge in [-0.15, -0.1) is 0 Å². The Balaban J connectivity index is 1.80. The van der Waals surface area contributed by atoms with E-state index in [0.717, 1.165) is 11.1 Å². The Morgan fingerprint density at radius 2 is 1.39 bits per heavy atom. The summed E-state index contributed by atoms with van der Waals surface area (Å²) in [5.41, 5.74) is 2.72. The van der Waals surface area contributed by atoms with Crippen molar-refractivity contribution in [1.82, 2.24) is 10.2 Å². The molecule has 0 fully saturated rings. The van der Waals surface area contributed by atoms with Crippen LogP contribution in [-0.2, 0) is 17.8 Å². The quantitative estimate of drug-likeness (QED) is 0.698. The van der Waals surface area contributed by atoms with E-state index in [9.17, 15) is 14.4 Å². The maximum atomic E-state index is 12.3. The molecule has 0 aliphatic heterocycles. The largest absolute Gasteiger partial charge is 0.478 e. The van der Waals surface area contributed by atoms with Gasteiger partial charge in [0.25, 0.3) is 5.91 Å². The number of aryl methyl sites for hydroxylation is 1. The van der Waals surface area contributed by atoms with E-state index in [1.807, 2.05) is 26.0 Å². The molecule has 0 bridgehead atoms. The molecular formula is C22H26N2O4. The van der Waals surface area contributed by atoms with Crippen LogP contribution in [-0.4, -0.2) is 40.9 Å². The third-order valence-electron chi connectivity index (χ3n) is 4.58. The van der Waals surface area contributed by atoms with Gasteiger partial charge in [-0.3, -0.25) is 9.59 Å². The van der Waals surface area contributed by atoms with Crippen LogP contribution in [0.1, 0.15) is 52.1 Å². The second-order valence-electron chi connectivity index (χ2n) is 6.45. The predicted octanol–water partition coefficient (Wildman–Crippen LogP) is 3.12. The molecule has 2 N–H and O–H groups in total. The van der Waals surface area contributed by atoms with E-state index in [1.165, 1.54) is 12.1 Å². The molecule has 0 atom stereocenters. The molecule has 0 spiro atoms. The number of aromatic carboxylic acids is 1. The van der Waals surface area contributed by atoms with Crippen LogP contribution < -0.4 is 5.32 Å². The molecule has 2 amide bonds. The van der Waals surface area contributed by atoms with E-state index in [2.05, 4.69) is 5.32 Å². The highest BCUT2D eigenvalue weighted by molar-refractivity contribution is 5.94. The molecule has 0 radical (unpaired) electrons. The van der Waals surface area contributed by atoms with Crippen molar-refractivity contribution < 1.29 is 19.5 Å². The van der Waals surface area contributed by atoms with Gasteiger partial charge in [0, 0.05) is 31.6 Å². The predicted molar refractivity (Wildman–Crippen MR) is 107 cm³/mol. The summed E-state index contributed by atoms with van der Waals surface area (Å²) in [6.45, 7) is 5.65. The fourth-order valence-corrected chi connectivity index (χ4v) is 2.82. The lowest BCUT2D eigenvalue weighted by molar-refractivity contribution is -0.121. The van der Waals surface area contributed by atoms with E-state index in [0.29, 0.717) is 38.0 Å². The van der Waals surface area contributed by atoms with Crippen molar-refractivity contribution in [3.05, 3.63) is 70.8 Å². The Kier molecular flexibility index (Phi) is 7.75. The van der Waals surface area contributed by atoms with Gasteiger partial charge in [0.2, 0.25) is 5.91 Å². The van der Waals surface area contributed by atoms with Gasteiger partial charge in [-0.25, -0.2) is 4.79 Å². The summed E-state index contributed by atoms with van der Waals surface area (Å²) in [4.78, 5) is 36.9. The van der Waals surface area contributed by atoms with Crippen LogP contribution >= 0.6 is 0 Å². The van der Waals surface area contributed by atoms with E-state index >= 15 is 0 Å². The Morgan fingerprint density at radius 3 is 1.93 bits per heavy atom. The van der Waals surface area contributed by atoms with Crippen LogP contribution in [0.2, 0.25) is 0 Å². The molecule has 2 aromatic rings. The molecule has 0 heterocycles. The molecule has 0 saturated heterocycles. The molecule has 6 nitrogen and oxygen atoms in total. The molecule has 0 unspecified atom stereocenters. The summed E-state index contributed by atoms with van der Waals surface area (Å²) in [5, 5.41) is 11.8. The monoisotopic (exact) mass is 382 g/mol. The van der Waals surface area contributed by atoms with Crippen molar-refractivity contribution in [2.45, 2.75) is 33.2 Å². The number of carboxylic acids is 1. The summed E-state index contributed by atoms with van der Waals surface area (Å²) < 4.78 is 0. The number of benzene rings is 2. The number of rotatable bonds is 9. The lowest BCUT2D eigenvalue weighted by Crippen LogP contribution is -2.30. The zero-order valence-corrected chi connectivity index (χ0v) is 16.3. The maximum absolute atomic E-state index is 12.3. The molecule has 2 rings (SSSR count). The van der Waals surface area contributed by atoms with Crippen molar-refractivity contribution in [2.75, 3.05) is 13.1 Å². The van der Waals surface area contributed by atoms with Gasteiger partial charge in [0.05, 0.1) is 5.56 Å². The molecule has 28 heavy (non-hydrogen) atoms. The molecule has 0 saturated carbocycles. The van der Waals surface area contributed by atoms with Crippen molar-refractivity contribution in [3.8, 4) is 0 Å². The molecule has 6 heteroatoms. The van der Waals surface area contributed by atoms with Gasteiger partial charge in [0.15, 0.2) is 0 Å². The number of amides is 2. The summed E-state index contributed by atoms with van der Waals surface area (Å²) in [6.07, 6.45) is 0.869. The van der Waals surface area contributed by atoms with E-state index < -0.39 is 5.97 Å². The minimum atomic E-state index is -0.964. The fraction of sp³-hybridized carbons (Fsp3) is 0.318. The summed E-state index contributed by atoms with van der Waals surface area (Å²) in [7, 11) is 0. The first-order valence-corrected chi connectivity index (χ1v) is 9.41. The van der Waals surface area contributed by atoms with Gasteiger partial charge < -0.3 is 15.3 Å². The fourth-order valence-electron chi connectivity index (χ4n) is 2.82. The Labute approximate surface area is 165 Å². The highest BCUT2D eigenvalue weighted by Gasteiger charge is 2.12. The van der Waals surface area contributed by atoms with E-state index in [4.69, 9.17) is 5.11 Å². The van der Waals surface area contributed by atoms with Crippen molar-refractivity contribution in [1.29, 1.82) is 0 Å². The highest BCUT2D eigenvalue weighted by atomic mass is 16.4. The first-order valence-electron chi connectivity index (χ1n) is 9.41.